The number of esters is 1. The minimum Gasteiger partial charge on any atom is -0.469 e. The van der Waals surface area contributed by atoms with Gasteiger partial charge in [0.1, 0.15) is 0 Å². The average Bonchev–Trinajstić information content (AvgIpc) is 3.04. The third-order valence-electron chi connectivity index (χ3n) is 7.14. The van der Waals surface area contributed by atoms with Gasteiger partial charge in [0.2, 0.25) is 0 Å². The van der Waals surface area contributed by atoms with Crippen molar-refractivity contribution in [2.45, 2.75) is 67.2 Å². The monoisotopic (exact) mass is 294 g/mol. The van der Waals surface area contributed by atoms with Gasteiger partial charge in [-0.15, -0.1) is 0 Å². The summed E-state index contributed by atoms with van der Waals surface area (Å²) in [5, 5.41) is 0. The van der Waals surface area contributed by atoms with Crippen LogP contribution in [0.3, 0.4) is 0 Å². The molecule has 0 heterocycles. The fraction of sp³-hybridized carbons (Fsp3) is 0.947. The second-order valence-corrected chi connectivity index (χ2v) is 8.76. The number of hydrogen-bond acceptors (Lipinski definition) is 2. The van der Waals surface area contributed by atoms with Gasteiger partial charge in [-0.25, -0.2) is 0 Å². The molecule has 2 bridgehead atoms. The van der Waals surface area contributed by atoms with E-state index in [2.05, 4.69) is 41.5 Å². The molecule has 2 aliphatic rings. The minimum atomic E-state index is 0.0344. The third-order valence-corrected chi connectivity index (χ3v) is 7.14. The maximum absolute atomic E-state index is 12.2. The Bertz CT molecular complexity index is 396. The van der Waals surface area contributed by atoms with Crippen molar-refractivity contribution in [2.24, 2.45) is 40.4 Å². The van der Waals surface area contributed by atoms with Crippen LogP contribution in [0.5, 0.6) is 0 Å². The van der Waals surface area contributed by atoms with Crippen molar-refractivity contribution in [1.82, 2.24) is 0 Å². The lowest BCUT2D eigenvalue weighted by Crippen LogP contribution is -2.45. The van der Waals surface area contributed by atoms with Crippen LogP contribution in [-0.2, 0) is 9.53 Å². The van der Waals surface area contributed by atoms with Gasteiger partial charge in [0.15, 0.2) is 0 Å². The van der Waals surface area contributed by atoms with Crippen LogP contribution in [0, 0.1) is 40.4 Å². The molecule has 2 saturated carbocycles. The van der Waals surface area contributed by atoms with Gasteiger partial charge < -0.3 is 4.74 Å². The molecule has 2 heteroatoms. The Morgan fingerprint density at radius 1 is 1.00 bits per heavy atom. The predicted molar refractivity (Wildman–Crippen MR) is 86.8 cm³/mol. The summed E-state index contributed by atoms with van der Waals surface area (Å²) in [6.07, 6.45) is 4.70. The first-order valence-electron chi connectivity index (χ1n) is 8.77. The molecule has 21 heavy (non-hydrogen) atoms. The molecule has 0 spiro atoms. The van der Waals surface area contributed by atoms with Crippen LogP contribution < -0.4 is 0 Å². The largest absolute Gasteiger partial charge is 0.469 e. The molecule has 2 nitrogen and oxygen atoms in total. The van der Waals surface area contributed by atoms with Crippen LogP contribution in [0.4, 0.5) is 0 Å². The molecule has 0 radical (unpaired) electrons. The van der Waals surface area contributed by atoms with E-state index in [1.54, 1.807) is 7.11 Å². The standard InChI is InChI=1S/C19H34O2/c1-8-18(3,4)15-12-10-13(14(11-12)17(20)21-7)16(15)19(5,6)9-2/h12-16H,8-11H2,1-7H3. The fourth-order valence-corrected chi connectivity index (χ4v) is 5.44. The highest BCUT2D eigenvalue weighted by Crippen LogP contribution is 2.65. The van der Waals surface area contributed by atoms with Crippen molar-refractivity contribution in [1.29, 1.82) is 0 Å². The van der Waals surface area contributed by atoms with Crippen LogP contribution in [0.2, 0.25) is 0 Å². The summed E-state index contributed by atoms with van der Waals surface area (Å²) < 4.78 is 5.09. The van der Waals surface area contributed by atoms with Gasteiger partial charge in [-0.1, -0.05) is 54.4 Å². The minimum absolute atomic E-state index is 0.0344. The highest BCUT2D eigenvalue weighted by molar-refractivity contribution is 5.73. The molecule has 0 saturated heterocycles. The Kier molecular flexibility index (Phi) is 4.48. The molecular formula is C19H34O2. The van der Waals surface area contributed by atoms with Gasteiger partial charge >= 0.3 is 5.97 Å². The van der Waals surface area contributed by atoms with E-state index in [9.17, 15) is 4.79 Å². The third kappa shape index (κ3) is 2.64. The first-order valence-corrected chi connectivity index (χ1v) is 8.77. The van der Waals surface area contributed by atoms with Crippen molar-refractivity contribution in [3.63, 3.8) is 0 Å². The maximum Gasteiger partial charge on any atom is 0.308 e. The van der Waals surface area contributed by atoms with Crippen LogP contribution in [0.1, 0.15) is 67.2 Å². The quantitative estimate of drug-likeness (QED) is 0.673. The number of carbonyl (C=O) groups is 1. The second-order valence-electron chi connectivity index (χ2n) is 8.76. The molecule has 2 fully saturated rings. The molecule has 0 amide bonds. The Balaban J connectivity index is 2.36. The van der Waals surface area contributed by atoms with Crippen LogP contribution in [0.25, 0.3) is 0 Å². The molecule has 0 aliphatic heterocycles. The van der Waals surface area contributed by atoms with E-state index in [1.165, 1.54) is 19.3 Å². The molecule has 0 aromatic rings. The second kappa shape index (κ2) is 5.59. The molecule has 2 rings (SSSR count). The number of hydrogen-bond donors (Lipinski definition) is 0. The van der Waals surface area contributed by atoms with Crippen LogP contribution in [0.15, 0.2) is 0 Å². The molecule has 5 atom stereocenters. The zero-order valence-electron chi connectivity index (χ0n) is 15.0. The van der Waals surface area contributed by atoms with Crippen molar-refractivity contribution in [3.8, 4) is 0 Å². The SMILES string of the molecule is CCC(C)(C)C1C2CC(C(=O)OC)C(C2)C1C(C)(C)CC. The highest BCUT2D eigenvalue weighted by Gasteiger charge is 2.61. The number of ether oxygens (including phenoxy) is 1. The topological polar surface area (TPSA) is 26.3 Å². The highest BCUT2D eigenvalue weighted by atomic mass is 16.5. The zero-order chi connectivity index (χ0) is 16.0. The molecule has 0 aromatic heterocycles. The summed E-state index contributed by atoms with van der Waals surface area (Å²) in [7, 11) is 1.54. The van der Waals surface area contributed by atoms with Gasteiger partial charge in [0, 0.05) is 0 Å². The lowest BCUT2D eigenvalue weighted by atomic mass is 9.55. The smallest absolute Gasteiger partial charge is 0.308 e. The predicted octanol–water partition coefficient (Wildman–Crippen LogP) is 4.92. The van der Waals surface area contributed by atoms with Gasteiger partial charge in [0.05, 0.1) is 13.0 Å². The Morgan fingerprint density at radius 3 is 2.00 bits per heavy atom. The number of rotatable bonds is 5. The maximum atomic E-state index is 12.2. The number of fused-ring (bicyclic) bond motifs is 2. The first-order chi connectivity index (χ1) is 9.69. The van der Waals surface area contributed by atoms with E-state index in [0.29, 0.717) is 28.6 Å². The summed E-state index contributed by atoms with van der Waals surface area (Å²) in [6.45, 7) is 14.3. The lowest BCUT2D eigenvalue weighted by Gasteiger charge is -2.50. The van der Waals surface area contributed by atoms with Crippen molar-refractivity contribution in [2.75, 3.05) is 7.11 Å². The van der Waals surface area contributed by atoms with Crippen molar-refractivity contribution < 1.29 is 9.53 Å². The summed E-state index contributed by atoms with van der Waals surface area (Å²) in [5.41, 5.74) is 0.681. The Hall–Kier alpha value is -0.530. The van der Waals surface area contributed by atoms with E-state index >= 15 is 0 Å². The average molecular weight is 294 g/mol. The van der Waals surface area contributed by atoms with Gasteiger partial charge in [-0.2, -0.15) is 0 Å². The lowest BCUT2D eigenvalue weighted by molar-refractivity contribution is -0.151. The molecule has 122 valence electrons. The fourth-order valence-electron chi connectivity index (χ4n) is 5.44. The van der Waals surface area contributed by atoms with E-state index < -0.39 is 0 Å². The summed E-state index contributed by atoms with van der Waals surface area (Å²) in [4.78, 5) is 12.2. The van der Waals surface area contributed by atoms with E-state index in [0.717, 1.165) is 12.3 Å². The number of methoxy groups -OCH3 is 1. The summed E-state index contributed by atoms with van der Waals surface area (Å²) in [6, 6.07) is 0. The first kappa shape index (κ1) is 16.8. The van der Waals surface area contributed by atoms with Crippen LogP contribution >= 0.6 is 0 Å². The molecular weight excluding hydrogens is 260 g/mol. The Labute approximate surface area is 131 Å². The zero-order valence-corrected chi connectivity index (χ0v) is 15.0. The van der Waals surface area contributed by atoms with Gasteiger partial charge in [-0.3, -0.25) is 4.79 Å². The molecule has 5 unspecified atom stereocenters. The van der Waals surface area contributed by atoms with E-state index in [4.69, 9.17) is 4.74 Å². The summed E-state index contributed by atoms with van der Waals surface area (Å²) in [5.74, 6) is 2.84. The normalized spacial score (nSPS) is 36.0. The van der Waals surface area contributed by atoms with Gasteiger partial charge in [-0.05, 0) is 47.3 Å². The van der Waals surface area contributed by atoms with Crippen molar-refractivity contribution >= 4 is 5.97 Å². The molecule has 0 aromatic carbocycles. The van der Waals surface area contributed by atoms with E-state index in [-0.39, 0.29) is 11.9 Å². The number of carbonyl (C=O) groups excluding carboxylic acids is 1. The molecule has 2 aliphatic carbocycles. The van der Waals surface area contributed by atoms with Crippen LogP contribution in [-0.4, -0.2) is 13.1 Å². The molecule has 0 N–H and O–H groups in total. The van der Waals surface area contributed by atoms with Crippen molar-refractivity contribution in [3.05, 3.63) is 0 Å². The Morgan fingerprint density at radius 2 is 1.52 bits per heavy atom. The van der Waals surface area contributed by atoms with E-state index in [1.807, 2.05) is 0 Å². The summed E-state index contributed by atoms with van der Waals surface area (Å²) >= 11 is 0. The van der Waals surface area contributed by atoms with Gasteiger partial charge in [0.25, 0.3) is 0 Å².